The van der Waals surface area contributed by atoms with Crippen molar-refractivity contribution in [3.63, 3.8) is 0 Å². The molecular formula is C19H27N6O2PSU. The van der Waals surface area contributed by atoms with Crippen LogP contribution < -0.4 is 20.5 Å². The Kier molecular flexibility index (Phi) is 9.26. The molecule has 4 rings (SSSR count). The smallest absolute Gasteiger partial charge is 0.231 e. The van der Waals surface area contributed by atoms with Gasteiger partial charge in [0.15, 0.2) is 33.6 Å². The number of aromatic nitrogens is 4. The van der Waals surface area contributed by atoms with Crippen LogP contribution >= 0.6 is 21.7 Å². The molecule has 8 nitrogen and oxygen atoms in total. The van der Waals surface area contributed by atoms with Crippen LogP contribution in [0.2, 0.25) is 0 Å². The van der Waals surface area contributed by atoms with Crippen LogP contribution in [0, 0.1) is 38.0 Å². The molecule has 30 heavy (non-hydrogen) atoms. The number of rotatable bonds is 7. The number of nitrogens with zero attached hydrogens (tertiary/aromatic N) is 4. The van der Waals surface area contributed by atoms with Crippen molar-refractivity contribution in [1.82, 2.24) is 24.8 Å². The van der Waals surface area contributed by atoms with Crippen molar-refractivity contribution in [2.24, 2.45) is 0 Å². The maximum Gasteiger partial charge on any atom is 0.231 e. The quantitative estimate of drug-likeness (QED) is 0.292. The van der Waals surface area contributed by atoms with Crippen molar-refractivity contribution in [2.75, 3.05) is 19.1 Å². The third-order valence-electron chi connectivity index (χ3n) is 4.51. The van der Waals surface area contributed by atoms with E-state index in [0.717, 1.165) is 52.3 Å². The number of nitrogens with one attached hydrogen (secondary N) is 1. The Morgan fingerprint density at radius 1 is 1.23 bits per heavy atom. The molecule has 3 N–H and O–H groups in total. The van der Waals surface area contributed by atoms with Crippen LogP contribution in [0.5, 0.6) is 11.5 Å². The molecule has 0 saturated heterocycles. The number of nitrogens with two attached hydrogens (primary N) is 1. The van der Waals surface area contributed by atoms with E-state index in [4.69, 9.17) is 20.2 Å². The van der Waals surface area contributed by atoms with Gasteiger partial charge < -0.3 is 25.1 Å². The molecule has 3 heterocycles. The van der Waals surface area contributed by atoms with Gasteiger partial charge in [-0.25, -0.2) is 15.0 Å². The Labute approximate surface area is 207 Å². The molecule has 2 aromatic heterocycles. The molecule has 0 saturated carbocycles. The van der Waals surface area contributed by atoms with E-state index in [1.807, 2.05) is 12.1 Å². The largest absolute Gasteiger partial charge is 0.454 e. The van der Waals surface area contributed by atoms with Gasteiger partial charge in [0.25, 0.3) is 0 Å². The molecule has 0 fully saturated rings. The second-order valence-corrected chi connectivity index (χ2v) is 8.02. The number of hydrogen-bond acceptors (Lipinski definition) is 8. The van der Waals surface area contributed by atoms with Crippen LogP contribution in [-0.2, 0) is 6.54 Å². The summed E-state index contributed by atoms with van der Waals surface area (Å²) >= 11 is 1.58. The van der Waals surface area contributed by atoms with E-state index in [1.54, 1.807) is 11.8 Å². The average Bonchev–Trinajstić information content (AvgIpc) is 3.24. The van der Waals surface area contributed by atoms with Crippen molar-refractivity contribution in [3.8, 4) is 11.5 Å². The summed E-state index contributed by atoms with van der Waals surface area (Å²) in [6, 6.07) is 4.46. The number of imidazole rings is 1. The molecule has 3 aromatic rings. The summed E-state index contributed by atoms with van der Waals surface area (Å²) in [5.74, 6) is 1.94. The summed E-state index contributed by atoms with van der Waals surface area (Å²) in [5, 5.41) is 4.29. The minimum absolute atomic E-state index is 0. The Bertz CT molecular complexity index is 1020. The number of aryl methyl sites for hydroxylation is 2. The molecule has 0 aliphatic carbocycles. The topological polar surface area (TPSA) is 100 Å². The molecular weight excluding hydrogens is 645 g/mol. The fraction of sp³-hybridized carbons (Fsp3) is 0.421. The third kappa shape index (κ3) is 5.41. The van der Waals surface area contributed by atoms with Crippen molar-refractivity contribution >= 4 is 38.6 Å². The molecule has 160 valence electrons. The number of ether oxygens (including phenoxy) is 2. The third-order valence-corrected chi connectivity index (χ3v) is 5.66. The molecule has 11 heteroatoms. The van der Waals surface area contributed by atoms with Gasteiger partial charge in [-0.05, 0) is 37.6 Å². The minimum Gasteiger partial charge on any atom is -0.454 e. The van der Waals surface area contributed by atoms with E-state index < -0.39 is 0 Å². The standard InChI is InChI=1S/C19H24N6O2S.H3P.U/c1-11(2)21-5-4-6-25-18-16(17(20)22-9-23-18)24-19(25)28-15-8-14-13(7-12(15)3)26-10-27-14;;/h7-9,11,21H,4-6,10H2,1-3H3,(H2,20,22,23);1H3;. The predicted octanol–water partition coefficient (Wildman–Crippen LogP) is 3.04. The van der Waals surface area contributed by atoms with Gasteiger partial charge in [0.05, 0.1) is 0 Å². The number of fused-ring (bicyclic) bond motifs is 2. The van der Waals surface area contributed by atoms with Gasteiger partial charge >= 0.3 is 0 Å². The van der Waals surface area contributed by atoms with Crippen LogP contribution in [0.4, 0.5) is 5.82 Å². The zero-order chi connectivity index (χ0) is 19.7. The molecule has 1 aromatic carbocycles. The fourth-order valence-corrected chi connectivity index (χ4v) is 4.08. The molecule has 0 radical (unpaired) electrons. The molecule has 1 aliphatic heterocycles. The van der Waals surface area contributed by atoms with Crippen LogP contribution in [0.15, 0.2) is 28.5 Å². The molecule has 0 spiro atoms. The fourth-order valence-electron chi connectivity index (χ4n) is 3.07. The van der Waals surface area contributed by atoms with E-state index in [0.29, 0.717) is 17.4 Å². The average molecular weight is 673 g/mol. The van der Waals surface area contributed by atoms with Gasteiger partial charge in [-0.15, -0.1) is 0 Å². The summed E-state index contributed by atoms with van der Waals surface area (Å²) in [6.45, 7) is 8.31. The zero-order valence-electron chi connectivity index (χ0n) is 17.4. The summed E-state index contributed by atoms with van der Waals surface area (Å²) in [5.41, 5.74) is 8.55. The summed E-state index contributed by atoms with van der Waals surface area (Å²) in [4.78, 5) is 14.3. The second kappa shape index (κ2) is 11.0. The number of nitrogen functional groups attached to an aromatic ring is 1. The summed E-state index contributed by atoms with van der Waals surface area (Å²) in [6.07, 6.45) is 2.45. The van der Waals surface area contributed by atoms with Crippen LogP contribution in [0.25, 0.3) is 11.2 Å². The Morgan fingerprint density at radius 3 is 2.70 bits per heavy atom. The predicted molar refractivity (Wildman–Crippen MR) is 120 cm³/mol. The van der Waals surface area contributed by atoms with Gasteiger partial charge in [0.1, 0.15) is 6.33 Å². The minimum atomic E-state index is 0. The number of hydrogen-bond donors (Lipinski definition) is 2. The number of benzene rings is 1. The van der Waals surface area contributed by atoms with Crippen molar-refractivity contribution in [2.45, 2.75) is 49.8 Å². The van der Waals surface area contributed by atoms with Gasteiger partial charge in [0, 0.05) is 48.6 Å². The monoisotopic (exact) mass is 672 g/mol. The van der Waals surface area contributed by atoms with E-state index in [1.165, 1.54) is 6.33 Å². The van der Waals surface area contributed by atoms with Crippen molar-refractivity contribution in [1.29, 1.82) is 0 Å². The first kappa shape index (κ1) is 25.2. The summed E-state index contributed by atoms with van der Waals surface area (Å²) < 4.78 is 13.1. The Hall–Kier alpha value is -1.04. The normalized spacial score (nSPS) is 12.1. The molecule has 1 aliphatic rings. The van der Waals surface area contributed by atoms with E-state index in [-0.39, 0.29) is 47.8 Å². The van der Waals surface area contributed by atoms with Crippen LogP contribution in [0.3, 0.4) is 0 Å². The number of anilines is 1. The zero-order valence-corrected chi connectivity index (χ0v) is 23.8. The maximum atomic E-state index is 6.04. The first-order valence-electron chi connectivity index (χ1n) is 9.31. The Morgan fingerprint density at radius 2 is 1.97 bits per heavy atom. The molecule has 0 amide bonds. The van der Waals surface area contributed by atoms with Gasteiger partial charge in [-0.2, -0.15) is 9.90 Å². The molecule has 1 unspecified atom stereocenters. The first-order valence-corrected chi connectivity index (χ1v) is 10.1. The molecule has 1 atom stereocenters. The van der Waals surface area contributed by atoms with Gasteiger partial charge in [-0.1, -0.05) is 25.6 Å². The SMILES string of the molecule is Cc1cc2c(cc1Sc1nc3c(N)ncnc3n1CCCNC(C)C)OCO2.P.[U]. The van der Waals surface area contributed by atoms with E-state index in [2.05, 4.69) is 40.6 Å². The van der Waals surface area contributed by atoms with Gasteiger partial charge in [-0.3, -0.25) is 0 Å². The Balaban J connectivity index is 0.00000160. The summed E-state index contributed by atoms with van der Waals surface area (Å²) in [7, 11) is 0. The van der Waals surface area contributed by atoms with Crippen molar-refractivity contribution in [3.05, 3.63) is 24.0 Å². The van der Waals surface area contributed by atoms with E-state index in [9.17, 15) is 0 Å². The van der Waals surface area contributed by atoms with Crippen molar-refractivity contribution < 1.29 is 40.6 Å². The van der Waals surface area contributed by atoms with Crippen LogP contribution in [0.1, 0.15) is 25.8 Å². The van der Waals surface area contributed by atoms with Gasteiger partial charge in [0.2, 0.25) is 6.79 Å². The first-order chi connectivity index (χ1) is 13.5. The second-order valence-electron chi connectivity index (χ2n) is 7.01. The maximum absolute atomic E-state index is 6.04. The molecule has 0 bridgehead atoms. The van der Waals surface area contributed by atoms with E-state index >= 15 is 0 Å². The van der Waals surface area contributed by atoms with Crippen LogP contribution in [-0.4, -0.2) is 38.9 Å².